The van der Waals surface area contributed by atoms with Crippen molar-refractivity contribution in [2.75, 3.05) is 22.9 Å². The van der Waals surface area contributed by atoms with Crippen molar-refractivity contribution in [1.82, 2.24) is 4.13 Å². The van der Waals surface area contributed by atoms with Gasteiger partial charge in [-0.25, -0.2) is 38.8 Å². The smallest absolute Gasteiger partial charge is 0.259 e. The largest absolute Gasteiger partial charge is 0.399 e. The van der Waals surface area contributed by atoms with E-state index in [2.05, 4.69) is 9.89 Å². The SMILES string of the molecule is Nc1ccc(C(=C2C=CC(=NCCCS(=O)(=O)NS(=O)(=O)c3c(F)c(F)c(F)c(F)c3F)C=C2)c2ccc(N(c3ccccc3)c3ccccc3)cc2)cc1. The quantitative estimate of drug-likeness (QED) is 0.0430. The van der Waals surface area contributed by atoms with Crippen molar-refractivity contribution >= 4 is 54.1 Å². The van der Waals surface area contributed by atoms with Crippen LogP contribution < -0.4 is 14.8 Å². The first-order valence-corrected chi connectivity index (χ1v) is 19.7. The fourth-order valence-electron chi connectivity index (χ4n) is 5.80. The number of anilines is 4. The second kappa shape index (κ2) is 16.2. The molecule has 6 rings (SSSR count). The summed E-state index contributed by atoms with van der Waals surface area (Å²) in [5, 5.41) is 0. The van der Waals surface area contributed by atoms with Gasteiger partial charge >= 0.3 is 0 Å². The molecular weight excluding hydrogens is 760 g/mol. The molecule has 0 aliphatic heterocycles. The molecule has 0 unspecified atom stereocenters. The van der Waals surface area contributed by atoms with Gasteiger partial charge in [0.25, 0.3) is 10.0 Å². The third kappa shape index (κ3) is 8.75. The van der Waals surface area contributed by atoms with E-state index in [0.717, 1.165) is 43.5 Å². The van der Waals surface area contributed by atoms with Gasteiger partial charge in [-0.3, -0.25) is 4.99 Å². The van der Waals surface area contributed by atoms with E-state index in [1.807, 2.05) is 109 Å². The van der Waals surface area contributed by atoms with Crippen molar-refractivity contribution in [2.24, 2.45) is 4.99 Å². The van der Waals surface area contributed by atoms with E-state index in [0.29, 0.717) is 11.4 Å². The van der Waals surface area contributed by atoms with E-state index in [4.69, 9.17) is 5.73 Å². The highest BCUT2D eigenvalue weighted by Crippen LogP contribution is 2.37. The van der Waals surface area contributed by atoms with E-state index in [1.54, 1.807) is 24.3 Å². The maximum Gasteiger partial charge on any atom is 0.259 e. The molecule has 15 heteroatoms. The number of benzene rings is 5. The van der Waals surface area contributed by atoms with Crippen molar-refractivity contribution < 1.29 is 38.8 Å². The molecule has 0 amide bonds. The van der Waals surface area contributed by atoms with Gasteiger partial charge < -0.3 is 10.6 Å². The van der Waals surface area contributed by atoms with Gasteiger partial charge in [0, 0.05) is 29.3 Å². The van der Waals surface area contributed by atoms with Crippen molar-refractivity contribution in [1.29, 1.82) is 0 Å². The Labute approximate surface area is 314 Å². The monoisotopic (exact) mass is 790 g/mol. The van der Waals surface area contributed by atoms with Crippen LogP contribution in [0.15, 0.2) is 149 Å². The number of hydrogen-bond acceptors (Lipinski definition) is 7. The van der Waals surface area contributed by atoms with Gasteiger partial charge in [-0.05, 0) is 89.4 Å². The Morgan fingerprint density at radius 3 is 1.56 bits per heavy atom. The van der Waals surface area contributed by atoms with Crippen LogP contribution in [0.5, 0.6) is 0 Å². The number of halogens is 5. The summed E-state index contributed by atoms with van der Waals surface area (Å²) < 4.78 is 119. The van der Waals surface area contributed by atoms with Gasteiger partial charge in [0.2, 0.25) is 15.8 Å². The Bertz CT molecular complexity index is 2480. The van der Waals surface area contributed by atoms with Gasteiger partial charge in [-0.15, -0.1) is 4.13 Å². The fourth-order valence-corrected chi connectivity index (χ4v) is 8.96. The third-order valence-corrected chi connectivity index (χ3v) is 12.0. The number of nitrogens with two attached hydrogens (primary N) is 1. The highest BCUT2D eigenvalue weighted by atomic mass is 32.3. The minimum absolute atomic E-state index is 0.113. The van der Waals surface area contributed by atoms with Crippen LogP contribution in [0.2, 0.25) is 0 Å². The molecule has 0 saturated carbocycles. The van der Waals surface area contributed by atoms with Gasteiger partial charge in [0.1, 0.15) is 0 Å². The molecule has 5 aromatic carbocycles. The summed E-state index contributed by atoms with van der Waals surface area (Å²) in [7, 11) is -10.5. The molecule has 5 aromatic rings. The first kappa shape index (κ1) is 38.8. The predicted octanol–water partition coefficient (Wildman–Crippen LogP) is 8.50. The predicted molar refractivity (Wildman–Crippen MR) is 204 cm³/mol. The average molecular weight is 791 g/mol. The average Bonchev–Trinajstić information content (AvgIpc) is 3.17. The normalized spacial score (nSPS) is 12.9. The van der Waals surface area contributed by atoms with Crippen LogP contribution in [0.25, 0.3) is 5.57 Å². The lowest BCUT2D eigenvalue weighted by atomic mass is 9.90. The Morgan fingerprint density at radius 2 is 1.05 bits per heavy atom. The number of para-hydroxylation sites is 2. The Kier molecular flexibility index (Phi) is 11.4. The summed E-state index contributed by atoms with van der Waals surface area (Å²) in [4.78, 5) is 4.19. The molecular formula is C40H31F5N4O4S2. The topological polar surface area (TPSA) is 122 Å². The second-order valence-electron chi connectivity index (χ2n) is 12.1. The van der Waals surface area contributed by atoms with Gasteiger partial charge in [0.15, 0.2) is 28.2 Å². The summed E-state index contributed by atoms with van der Waals surface area (Å²) in [6.07, 6.45) is 6.87. The van der Waals surface area contributed by atoms with Crippen LogP contribution in [0.3, 0.4) is 0 Å². The molecule has 8 nitrogen and oxygen atoms in total. The van der Waals surface area contributed by atoms with Crippen molar-refractivity contribution in [3.05, 3.63) is 179 Å². The maximum absolute atomic E-state index is 14.1. The van der Waals surface area contributed by atoms with Crippen LogP contribution in [0, 0.1) is 29.1 Å². The lowest BCUT2D eigenvalue weighted by molar-refractivity contribution is 0.357. The molecule has 1 aliphatic rings. The first-order chi connectivity index (χ1) is 26.3. The van der Waals surface area contributed by atoms with Gasteiger partial charge in [-0.2, -0.15) is 0 Å². The number of allylic oxidation sites excluding steroid dienone is 5. The molecule has 55 heavy (non-hydrogen) atoms. The van der Waals surface area contributed by atoms with E-state index in [9.17, 15) is 38.8 Å². The van der Waals surface area contributed by atoms with Gasteiger partial charge in [0.05, 0.1) is 11.5 Å². The molecule has 0 saturated heterocycles. The van der Waals surface area contributed by atoms with Crippen LogP contribution >= 0.6 is 0 Å². The number of rotatable bonds is 12. The minimum Gasteiger partial charge on any atom is -0.399 e. The van der Waals surface area contributed by atoms with Crippen LogP contribution in [0.4, 0.5) is 44.7 Å². The number of nitrogens with zero attached hydrogens (tertiary/aromatic N) is 2. The number of hydrogen-bond donors (Lipinski definition) is 2. The maximum atomic E-state index is 14.1. The zero-order valence-electron chi connectivity index (χ0n) is 28.6. The number of sulfonamides is 2. The molecule has 1 aliphatic carbocycles. The second-order valence-corrected chi connectivity index (χ2v) is 15.9. The van der Waals surface area contributed by atoms with Crippen molar-refractivity contribution in [2.45, 2.75) is 11.3 Å². The van der Waals surface area contributed by atoms with Gasteiger partial charge in [-0.1, -0.05) is 72.8 Å². The highest BCUT2D eigenvalue weighted by Gasteiger charge is 2.35. The van der Waals surface area contributed by atoms with Crippen LogP contribution in [-0.2, 0) is 20.0 Å². The molecule has 282 valence electrons. The number of aliphatic imine (C=N–C) groups is 1. The van der Waals surface area contributed by atoms with E-state index in [1.165, 1.54) is 0 Å². The molecule has 3 N–H and O–H groups in total. The summed E-state index contributed by atoms with van der Waals surface area (Å²) in [5.74, 6) is -13.9. The summed E-state index contributed by atoms with van der Waals surface area (Å²) >= 11 is 0. The van der Waals surface area contributed by atoms with Crippen LogP contribution in [0.1, 0.15) is 17.5 Å². The lowest BCUT2D eigenvalue weighted by Crippen LogP contribution is -2.34. The fraction of sp³-hybridized carbons (Fsp3) is 0.0750. The summed E-state index contributed by atoms with van der Waals surface area (Å²) in [6, 6.07) is 35.5. The third-order valence-electron chi connectivity index (χ3n) is 8.34. The zero-order chi connectivity index (χ0) is 39.3. The molecule has 0 aromatic heterocycles. The standard InChI is InChI=1S/C40H31F5N4O4S2/c41-35-36(42)38(44)40(39(45)37(35)43)55(52,53)48-54(50,51)25-7-24-47-30-20-14-27(15-21-30)34(26-12-18-29(46)19-13-26)28-16-22-33(23-17-28)49(31-8-3-1-4-9-31)32-10-5-2-6-11-32/h1-6,8-23,48H,7,24-25,46H2. The Balaban J connectivity index is 1.19. The molecule has 0 spiro atoms. The minimum atomic E-state index is -5.70. The van der Waals surface area contributed by atoms with Crippen molar-refractivity contribution in [3.8, 4) is 0 Å². The summed E-state index contributed by atoms with van der Waals surface area (Å²) in [6.45, 7) is -0.113. The molecule has 0 atom stereocenters. The molecule has 0 bridgehead atoms. The Hall–Kier alpha value is -5.90. The highest BCUT2D eigenvalue weighted by molar-refractivity contribution is 8.04. The Morgan fingerprint density at radius 1 is 0.600 bits per heavy atom. The number of nitrogens with one attached hydrogen (secondary N) is 1. The lowest BCUT2D eigenvalue weighted by Gasteiger charge is -2.25. The van der Waals surface area contributed by atoms with E-state index >= 15 is 0 Å². The summed E-state index contributed by atoms with van der Waals surface area (Å²) in [5.41, 5.74) is 13.5. The van der Waals surface area contributed by atoms with Crippen molar-refractivity contribution in [3.63, 3.8) is 0 Å². The molecule has 0 heterocycles. The van der Waals surface area contributed by atoms with E-state index in [-0.39, 0.29) is 13.0 Å². The first-order valence-electron chi connectivity index (χ1n) is 16.5. The molecule has 0 radical (unpaired) electrons. The van der Waals surface area contributed by atoms with E-state index < -0.39 is 59.8 Å². The van der Waals surface area contributed by atoms with Crippen LogP contribution in [-0.4, -0.2) is 34.8 Å². The molecule has 0 fully saturated rings. The number of nitrogen functional groups attached to an aromatic ring is 1. The zero-order valence-corrected chi connectivity index (χ0v) is 30.3.